The quantitative estimate of drug-likeness (QED) is 0.600. The molecular formula is C20H15ClF3N3O3. The molecule has 2 aromatic heterocycles. The predicted molar refractivity (Wildman–Crippen MR) is 105 cm³/mol. The first-order chi connectivity index (χ1) is 14.1. The number of nitrogens with zero attached hydrogens (tertiary/aromatic N) is 2. The van der Waals surface area contributed by atoms with Crippen molar-refractivity contribution in [3.63, 3.8) is 0 Å². The highest BCUT2D eigenvalue weighted by molar-refractivity contribution is 6.29. The van der Waals surface area contributed by atoms with Gasteiger partial charge in [0.05, 0.1) is 6.54 Å². The van der Waals surface area contributed by atoms with E-state index in [-0.39, 0.29) is 22.9 Å². The minimum atomic E-state index is -4.81. The Kier molecular flexibility index (Phi) is 6.12. The van der Waals surface area contributed by atoms with Crippen molar-refractivity contribution < 1.29 is 22.7 Å². The van der Waals surface area contributed by atoms with Gasteiger partial charge in [-0.1, -0.05) is 11.6 Å². The second kappa shape index (κ2) is 8.58. The number of halogens is 4. The van der Waals surface area contributed by atoms with Crippen LogP contribution in [0.2, 0.25) is 5.15 Å². The lowest BCUT2D eigenvalue weighted by Gasteiger charge is -2.13. The first kappa shape index (κ1) is 21.4. The van der Waals surface area contributed by atoms with E-state index in [1.807, 2.05) is 0 Å². The molecule has 2 heterocycles. The van der Waals surface area contributed by atoms with Crippen molar-refractivity contribution >= 4 is 23.2 Å². The van der Waals surface area contributed by atoms with Crippen molar-refractivity contribution in [3.8, 4) is 5.75 Å². The molecule has 1 N–H and O–H groups in total. The van der Waals surface area contributed by atoms with Gasteiger partial charge in [0.1, 0.15) is 16.5 Å². The van der Waals surface area contributed by atoms with E-state index in [4.69, 9.17) is 11.6 Å². The van der Waals surface area contributed by atoms with E-state index in [9.17, 15) is 22.8 Å². The van der Waals surface area contributed by atoms with Crippen LogP contribution in [-0.2, 0) is 6.54 Å². The van der Waals surface area contributed by atoms with Gasteiger partial charge in [-0.05, 0) is 61.0 Å². The molecule has 3 aromatic rings. The molecule has 0 saturated carbocycles. The molecule has 10 heteroatoms. The maximum Gasteiger partial charge on any atom is 0.573 e. The van der Waals surface area contributed by atoms with E-state index >= 15 is 0 Å². The molecule has 0 atom stereocenters. The molecule has 0 aliphatic heterocycles. The van der Waals surface area contributed by atoms with E-state index in [0.717, 1.165) is 17.7 Å². The Balaban J connectivity index is 1.80. The summed E-state index contributed by atoms with van der Waals surface area (Å²) < 4.78 is 41.9. The third kappa shape index (κ3) is 5.38. The van der Waals surface area contributed by atoms with Gasteiger partial charge in [-0.15, -0.1) is 13.2 Å². The van der Waals surface area contributed by atoms with E-state index in [2.05, 4.69) is 15.0 Å². The van der Waals surface area contributed by atoms with Crippen LogP contribution in [0.15, 0.2) is 59.5 Å². The number of benzene rings is 1. The van der Waals surface area contributed by atoms with Gasteiger partial charge in [-0.3, -0.25) is 9.59 Å². The lowest BCUT2D eigenvalue weighted by molar-refractivity contribution is -0.274. The molecule has 0 saturated heterocycles. The second-order valence-corrected chi connectivity index (χ2v) is 6.68. The fourth-order valence-electron chi connectivity index (χ4n) is 2.70. The Labute approximate surface area is 173 Å². The average molecular weight is 438 g/mol. The number of rotatable bonds is 5. The Morgan fingerprint density at radius 3 is 2.50 bits per heavy atom. The van der Waals surface area contributed by atoms with Crippen LogP contribution in [0, 0.1) is 6.92 Å². The summed E-state index contributed by atoms with van der Waals surface area (Å²) >= 11 is 5.88. The Morgan fingerprint density at radius 2 is 1.87 bits per heavy atom. The summed E-state index contributed by atoms with van der Waals surface area (Å²) in [5, 5.41) is 2.77. The molecule has 0 bridgehead atoms. The molecule has 1 aromatic carbocycles. The summed E-state index contributed by atoms with van der Waals surface area (Å²) in [6.45, 7) is 1.92. The SMILES string of the molecule is Cc1ccc(C(=O)Nc2ccc(OC(F)(F)F)cc2)c(=O)n1Cc1ccnc(Cl)c1. The zero-order valence-electron chi connectivity index (χ0n) is 15.5. The maximum atomic E-state index is 12.8. The van der Waals surface area contributed by atoms with Gasteiger partial charge in [0.15, 0.2) is 0 Å². The van der Waals surface area contributed by atoms with Crippen LogP contribution in [0.5, 0.6) is 5.75 Å². The Bertz CT molecular complexity index is 1130. The summed E-state index contributed by atoms with van der Waals surface area (Å²) in [6.07, 6.45) is -3.29. The molecule has 0 radical (unpaired) electrons. The number of hydrogen-bond acceptors (Lipinski definition) is 4. The number of hydrogen-bond donors (Lipinski definition) is 1. The maximum absolute atomic E-state index is 12.8. The van der Waals surface area contributed by atoms with Gasteiger partial charge >= 0.3 is 6.36 Å². The summed E-state index contributed by atoms with van der Waals surface area (Å²) in [5.41, 5.74) is 0.951. The van der Waals surface area contributed by atoms with Crippen molar-refractivity contribution in [2.24, 2.45) is 0 Å². The molecule has 0 unspecified atom stereocenters. The minimum absolute atomic E-state index is 0.114. The second-order valence-electron chi connectivity index (χ2n) is 6.29. The van der Waals surface area contributed by atoms with Gasteiger partial charge in [0, 0.05) is 17.6 Å². The van der Waals surface area contributed by atoms with Crippen LogP contribution in [-0.4, -0.2) is 21.8 Å². The highest BCUT2D eigenvalue weighted by Gasteiger charge is 2.31. The van der Waals surface area contributed by atoms with E-state index in [1.165, 1.54) is 29.0 Å². The van der Waals surface area contributed by atoms with Gasteiger partial charge in [-0.2, -0.15) is 0 Å². The van der Waals surface area contributed by atoms with Gasteiger partial charge < -0.3 is 14.6 Å². The zero-order valence-corrected chi connectivity index (χ0v) is 16.3. The number of carbonyl (C=O) groups is 1. The van der Waals surface area contributed by atoms with E-state index in [1.54, 1.807) is 25.1 Å². The number of anilines is 1. The summed E-state index contributed by atoms with van der Waals surface area (Å²) in [5.74, 6) is -1.11. The van der Waals surface area contributed by atoms with Crippen molar-refractivity contribution in [2.45, 2.75) is 19.8 Å². The fraction of sp³-hybridized carbons (Fsp3) is 0.150. The molecule has 0 aliphatic rings. The molecule has 0 fully saturated rings. The number of aromatic nitrogens is 2. The van der Waals surface area contributed by atoms with Gasteiger partial charge in [0.2, 0.25) is 0 Å². The topological polar surface area (TPSA) is 73.2 Å². The molecule has 0 spiro atoms. The highest BCUT2D eigenvalue weighted by Crippen LogP contribution is 2.24. The smallest absolute Gasteiger partial charge is 0.406 e. The molecule has 156 valence electrons. The van der Waals surface area contributed by atoms with Crippen molar-refractivity contribution in [1.29, 1.82) is 0 Å². The van der Waals surface area contributed by atoms with Gasteiger partial charge in [-0.25, -0.2) is 4.98 Å². The lowest BCUT2D eigenvalue weighted by atomic mass is 10.2. The van der Waals surface area contributed by atoms with Crippen molar-refractivity contribution in [1.82, 2.24) is 9.55 Å². The number of amides is 1. The molecule has 3 rings (SSSR count). The standard InChI is InChI=1S/C20H15ClF3N3O3/c1-12-2-7-16(19(29)27(12)11-13-8-9-25-17(21)10-13)18(28)26-14-3-5-15(6-4-14)30-20(22,23)24/h2-10H,11H2,1H3,(H,26,28). The van der Waals surface area contributed by atoms with Crippen molar-refractivity contribution in [3.05, 3.63) is 87.1 Å². The number of alkyl halides is 3. The van der Waals surface area contributed by atoms with Gasteiger partial charge in [0.25, 0.3) is 11.5 Å². The summed E-state index contributed by atoms with van der Waals surface area (Å²) in [7, 11) is 0. The first-order valence-corrected chi connectivity index (χ1v) is 8.98. The number of pyridine rings is 2. The fourth-order valence-corrected chi connectivity index (χ4v) is 2.90. The molecule has 6 nitrogen and oxygen atoms in total. The molecule has 1 amide bonds. The third-order valence-electron chi connectivity index (χ3n) is 4.11. The number of carbonyl (C=O) groups excluding carboxylic acids is 1. The minimum Gasteiger partial charge on any atom is -0.406 e. The third-order valence-corrected chi connectivity index (χ3v) is 4.32. The van der Waals surface area contributed by atoms with E-state index in [0.29, 0.717) is 5.69 Å². The largest absolute Gasteiger partial charge is 0.573 e. The Morgan fingerprint density at radius 1 is 1.17 bits per heavy atom. The number of aryl methyl sites for hydroxylation is 1. The predicted octanol–water partition coefficient (Wildman–Crippen LogP) is 4.40. The van der Waals surface area contributed by atoms with Crippen LogP contribution in [0.1, 0.15) is 21.6 Å². The lowest BCUT2D eigenvalue weighted by Crippen LogP contribution is -2.30. The monoisotopic (exact) mass is 437 g/mol. The first-order valence-electron chi connectivity index (χ1n) is 8.60. The number of nitrogens with one attached hydrogen (secondary N) is 1. The average Bonchev–Trinajstić information content (AvgIpc) is 2.65. The Hall–Kier alpha value is -3.33. The molecular weight excluding hydrogens is 423 g/mol. The highest BCUT2D eigenvalue weighted by atomic mass is 35.5. The number of ether oxygens (including phenoxy) is 1. The van der Waals surface area contributed by atoms with Crippen molar-refractivity contribution in [2.75, 3.05) is 5.32 Å². The normalized spacial score (nSPS) is 11.2. The summed E-state index contributed by atoms with van der Waals surface area (Å²) in [6, 6.07) is 10.9. The zero-order chi connectivity index (χ0) is 21.9. The molecule has 0 aliphatic carbocycles. The summed E-state index contributed by atoms with van der Waals surface area (Å²) in [4.78, 5) is 29.3. The van der Waals surface area contributed by atoms with Crippen LogP contribution in [0.3, 0.4) is 0 Å². The molecule has 30 heavy (non-hydrogen) atoms. The van der Waals surface area contributed by atoms with Crippen LogP contribution in [0.4, 0.5) is 18.9 Å². The van der Waals surface area contributed by atoms with Crippen LogP contribution < -0.4 is 15.6 Å². The van der Waals surface area contributed by atoms with E-state index < -0.39 is 23.6 Å². The van der Waals surface area contributed by atoms with Crippen LogP contribution in [0.25, 0.3) is 0 Å². The van der Waals surface area contributed by atoms with Crippen LogP contribution >= 0.6 is 11.6 Å².